The van der Waals surface area contributed by atoms with E-state index < -0.39 is 0 Å². The first-order valence-corrected chi connectivity index (χ1v) is 10.2. The molecule has 0 N–H and O–H groups in total. The molecule has 0 aliphatic rings. The van der Waals surface area contributed by atoms with Crippen molar-refractivity contribution in [1.82, 2.24) is 19.7 Å². The second-order valence-corrected chi connectivity index (χ2v) is 8.00. The van der Waals surface area contributed by atoms with Gasteiger partial charge in [-0.3, -0.25) is 14.4 Å². The Labute approximate surface area is 169 Å². The molecule has 0 aliphatic carbocycles. The molecule has 150 valence electrons. The van der Waals surface area contributed by atoms with Crippen LogP contribution in [0.25, 0.3) is 10.2 Å². The number of amides is 1. The van der Waals surface area contributed by atoms with Crippen LogP contribution in [0.2, 0.25) is 0 Å². The molecule has 0 atom stereocenters. The van der Waals surface area contributed by atoms with Crippen molar-refractivity contribution in [3.63, 3.8) is 0 Å². The minimum absolute atomic E-state index is 0.0165. The highest BCUT2D eigenvalue weighted by atomic mass is 32.1. The number of nitrogens with zero attached hydrogens (tertiary/aromatic N) is 5. The lowest BCUT2D eigenvalue weighted by molar-refractivity contribution is -0.119. The van der Waals surface area contributed by atoms with Crippen molar-refractivity contribution in [3.05, 3.63) is 35.7 Å². The highest BCUT2D eigenvalue weighted by Gasteiger charge is 2.21. The number of anilines is 1. The number of carbonyl (C=O) groups excluding carboxylic acids is 1. The van der Waals surface area contributed by atoms with Gasteiger partial charge in [-0.25, -0.2) is 4.98 Å². The third-order valence-electron chi connectivity index (χ3n) is 4.35. The summed E-state index contributed by atoms with van der Waals surface area (Å²) in [6, 6.07) is 7.81. The smallest absolute Gasteiger partial charge is 0.250 e. The lowest BCUT2D eigenvalue weighted by Crippen LogP contribution is -2.39. The number of ether oxygens (including phenoxy) is 1. The molecule has 1 aromatic carbocycles. The van der Waals surface area contributed by atoms with Gasteiger partial charge in [0.15, 0.2) is 5.13 Å². The van der Waals surface area contributed by atoms with E-state index in [-0.39, 0.29) is 12.5 Å². The maximum Gasteiger partial charge on any atom is 0.250 e. The molecule has 28 heavy (non-hydrogen) atoms. The molecule has 0 radical (unpaired) electrons. The quantitative estimate of drug-likeness (QED) is 0.580. The lowest BCUT2D eigenvalue weighted by Gasteiger charge is -2.22. The molecule has 3 rings (SSSR count). The van der Waals surface area contributed by atoms with Gasteiger partial charge in [0, 0.05) is 18.8 Å². The Kier molecular flexibility index (Phi) is 6.31. The number of carbonyl (C=O) groups is 1. The average molecular weight is 402 g/mol. The Morgan fingerprint density at radius 2 is 2.00 bits per heavy atom. The number of aryl methyl sites for hydroxylation is 2. The first kappa shape index (κ1) is 20.3. The monoisotopic (exact) mass is 401 g/mol. The molecule has 7 nitrogen and oxygen atoms in total. The molecule has 8 heteroatoms. The Bertz CT molecular complexity index is 963. The van der Waals surface area contributed by atoms with Gasteiger partial charge < -0.3 is 9.64 Å². The first-order valence-electron chi connectivity index (χ1n) is 9.37. The van der Waals surface area contributed by atoms with Gasteiger partial charge in [0.1, 0.15) is 12.3 Å². The van der Waals surface area contributed by atoms with Crippen LogP contribution in [0.4, 0.5) is 5.13 Å². The zero-order chi connectivity index (χ0) is 20.3. The van der Waals surface area contributed by atoms with Crippen molar-refractivity contribution in [2.75, 3.05) is 38.7 Å². The van der Waals surface area contributed by atoms with Gasteiger partial charge in [0.2, 0.25) is 0 Å². The molecule has 0 unspecified atom stereocenters. The fourth-order valence-corrected chi connectivity index (χ4v) is 3.98. The first-order chi connectivity index (χ1) is 13.4. The predicted molar refractivity (Wildman–Crippen MR) is 113 cm³/mol. The Balaban J connectivity index is 1.89. The van der Waals surface area contributed by atoms with Crippen molar-refractivity contribution in [1.29, 1.82) is 0 Å². The van der Waals surface area contributed by atoms with E-state index in [1.807, 2.05) is 59.1 Å². The second kappa shape index (κ2) is 8.70. The van der Waals surface area contributed by atoms with Gasteiger partial charge >= 0.3 is 0 Å². The fraction of sp³-hybridized carbons (Fsp3) is 0.450. The van der Waals surface area contributed by atoms with Crippen molar-refractivity contribution in [3.8, 4) is 5.75 Å². The molecule has 0 saturated carbocycles. The van der Waals surface area contributed by atoms with Crippen LogP contribution in [-0.2, 0) is 11.3 Å². The van der Waals surface area contributed by atoms with Crippen molar-refractivity contribution < 1.29 is 9.53 Å². The maximum atomic E-state index is 13.1. The number of thiazole rings is 1. The van der Waals surface area contributed by atoms with E-state index in [9.17, 15) is 4.79 Å². The van der Waals surface area contributed by atoms with Crippen LogP contribution in [0.5, 0.6) is 5.75 Å². The molecule has 0 spiro atoms. The summed E-state index contributed by atoms with van der Waals surface area (Å²) in [4.78, 5) is 21.6. The zero-order valence-corrected chi connectivity index (χ0v) is 17.9. The van der Waals surface area contributed by atoms with Gasteiger partial charge in [-0.15, -0.1) is 0 Å². The highest BCUT2D eigenvalue weighted by Crippen LogP contribution is 2.31. The van der Waals surface area contributed by atoms with Crippen molar-refractivity contribution in [2.24, 2.45) is 0 Å². The van der Waals surface area contributed by atoms with E-state index in [0.29, 0.717) is 18.3 Å². The molecule has 2 aromatic heterocycles. The summed E-state index contributed by atoms with van der Waals surface area (Å²) in [6.45, 7) is 8.00. The van der Waals surface area contributed by atoms with E-state index in [4.69, 9.17) is 9.72 Å². The SMILES string of the molecule is CCOc1ccc2nc(N(CCN(C)C)C(=O)Cn3nc(C)cc3C)sc2c1. The van der Waals surface area contributed by atoms with Gasteiger partial charge in [0.05, 0.1) is 22.5 Å². The number of rotatable bonds is 8. The largest absolute Gasteiger partial charge is 0.494 e. The van der Waals surface area contributed by atoms with E-state index in [0.717, 1.165) is 33.9 Å². The fourth-order valence-electron chi connectivity index (χ4n) is 2.94. The minimum atomic E-state index is -0.0165. The van der Waals surface area contributed by atoms with Crippen molar-refractivity contribution >= 4 is 32.6 Å². The van der Waals surface area contributed by atoms with Gasteiger partial charge in [-0.2, -0.15) is 5.10 Å². The van der Waals surface area contributed by atoms with Crippen LogP contribution < -0.4 is 9.64 Å². The number of fused-ring (bicyclic) bond motifs is 1. The third kappa shape index (κ3) is 4.69. The summed E-state index contributed by atoms with van der Waals surface area (Å²) in [7, 11) is 3.99. The summed E-state index contributed by atoms with van der Waals surface area (Å²) in [5, 5.41) is 5.13. The summed E-state index contributed by atoms with van der Waals surface area (Å²) < 4.78 is 8.34. The van der Waals surface area contributed by atoms with Crippen LogP contribution in [0.3, 0.4) is 0 Å². The number of likely N-dealkylation sites (N-methyl/N-ethyl adjacent to an activating group) is 1. The molecule has 0 saturated heterocycles. The van der Waals surface area contributed by atoms with Gasteiger partial charge in [0.25, 0.3) is 5.91 Å². The highest BCUT2D eigenvalue weighted by molar-refractivity contribution is 7.22. The summed E-state index contributed by atoms with van der Waals surface area (Å²) in [5.41, 5.74) is 2.76. The molecule has 3 aromatic rings. The third-order valence-corrected chi connectivity index (χ3v) is 5.39. The average Bonchev–Trinajstić information content (AvgIpc) is 3.17. The molecule has 1 amide bonds. The van der Waals surface area contributed by atoms with E-state index >= 15 is 0 Å². The number of aromatic nitrogens is 3. The van der Waals surface area contributed by atoms with E-state index in [2.05, 4.69) is 10.00 Å². The van der Waals surface area contributed by atoms with Crippen LogP contribution in [-0.4, -0.2) is 59.4 Å². The second-order valence-electron chi connectivity index (χ2n) is 6.99. The molecule has 2 heterocycles. The number of hydrogen-bond acceptors (Lipinski definition) is 6. The zero-order valence-electron chi connectivity index (χ0n) is 17.1. The molecular formula is C20H27N5O2S. The van der Waals surface area contributed by atoms with E-state index in [1.165, 1.54) is 11.3 Å². The van der Waals surface area contributed by atoms with Crippen LogP contribution in [0.15, 0.2) is 24.3 Å². The number of hydrogen-bond donors (Lipinski definition) is 0. The molecular weight excluding hydrogens is 374 g/mol. The Morgan fingerprint density at radius 3 is 2.64 bits per heavy atom. The minimum Gasteiger partial charge on any atom is -0.494 e. The molecule has 0 aliphatic heterocycles. The topological polar surface area (TPSA) is 63.5 Å². The van der Waals surface area contributed by atoms with E-state index in [1.54, 1.807) is 9.58 Å². The van der Waals surface area contributed by atoms with Crippen LogP contribution in [0, 0.1) is 13.8 Å². The van der Waals surface area contributed by atoms with Gasteiger partial charge in [-0.1, -0.05) is 11.3 Å². The normalized spacial score (nSPS) is 11.4. The van der Waals surface area contributed by atoms with Crippen molar-refractivity contribution in [2.45, 2.75) is 27.3 Å². The number of benzene rings is 1. The summed E-state index contributed by atoms with van der Waals surface area (Å²) in [5.74, 6) is 0.802. The maximum absolute atomic E-state index is 13.1. The summed E-state index contributed by atoms with van der Waals surface area (Å²) >= 11 is 1.51. The predicted octanol–water partition coefficient (Wildman–Crippen LogP) is 3.10. The van der Waals surface area contributed by atoms with Gasteiger partial charge in [-0.05, 0) is 59.1 Å². The molecule has 0 bridgehead atoms. The summed E-state index contributed by atoms with van der Waals surface area (Å²) in [6.07, 6.45) is 0. The molecule has 0 fully saturated rings. The van der Waals surface area contributed by atoms with Crippen LogP contribution in [0.1, 0.15) is 18.3 Å². The van der Waals surface area contributed by atoms with Crippen LogP contribution >= 0.6 is 11.3 Å². The standard InChI is InChI=1S/C20H27N5O2S/c1-6-27-16-7-8-17-18(12-16)28-20(21-17)24(10-9-23(4)5)19(26)13-25-15(3)11-14(2)22-25/h7-8,11-12H,6,9-10,13H2,1-5H3. The lowest BCUT2D eigenvalue weighted by atomic mass is 10.3. The Morgan fingerprint density at radius 1 is 1.21 bits per heavy atom. The Hall–Kier alpha value is -2.45.